The second kappa shape index (κ2) is 7.09. The van der Waals surface area contributed by atoms with Crippen molar-refractivity contribution >= 4 is 18.2 Å². The minimum Gasteiger partial charge on any atom is -0.304 e. The second-order valence-electron chi connectivity index (χ2n) is 4.12. The van der Waals surface area contributed by atoms with E-state index in [0.29, 0.717) is 0 Å². The zero-order valence-electron chi connectivity index (χ0n) is 11.4. The number of rotatable bonds is 6. The van der Waals surface area contributed by atoms with E-state index in [1.807, 2.05) is 60.7 Å². The molecule has 0 saturated heterocycles. The molecule has 0 atom stereocenters. The first kappa shape index (κ1) is 15.3. The summed E-state index contributed by atoms with van der Waals surface area (Å²) in [6, 6.07) is 19.9. The molecule has 0 heterocycles. The van der Waals surface area contributed by atoms with Gasteiger partial charge in [-0.25, -0.2) is 4.57 Å². The Morgan fingerprint density at radius 2 is 1.25 bits per heavy atom. The normalized spacial score (nSPS) is 11.8. The Balaban J connectivity index is 2.38. The Kier molecular flexibility index (Phi) is 5.44. The van der Waals surface area contributed by atoms with Crippen molar-refractivity contribution in [1.29, 1.82) is 0 Å². The van der Waals surface area contributed by atoms with Crippen LogP contribution in [0, 0.1) is 0 Å². The molecule has 106 valence electrons. The molecular formula is C15H17O3PS. The van der Waals surface area contributed by atoms with Gasteiger partial charge in [-0.05, 0) is 22.5 Å². The van der Waals surface area contributed by atoms with Crippen LogP contribution in [0.5, 0.6) is 0 Å². The van der Waals surface area contributed by atoms with Crippen molar-refractivity contribution in [2.45, 2.75) is 5.25 Å². The van der Waals surface area contributed by atoms with Gasteiger partial charge in [-0.3, -0.25) is 0 Å². The van der Waals surface area contributed by atoms with Gasteiger partial charge in [-0.15, -0.1) is 0 Å². The van der Waals surface area contributed by atoms with Crippen LogP contribution in [0.2, 0.25) is 0 Å². The molecule has 0 spiro atoms. The topological polar surface area (TPSA) is 35.5 Å². The zero-order valence-corrected chi connectivity index (χ0v) is 13.1. The van der Waals surface area contributed by atoms with Crippen LogP contribution in [-0.2, 0) is 13.6 Å². The van der Waals surface area contributed by atoms with Crippen LogP contribution in [-0.4, -0.2) is 14.2 Å². The summed E-state index contributed by atoms with van der Waals surface area (Å²) in [5, 5.41) is -0.0943. The molecule has 2 aromatic carbocycles. The van der Waals surface area contributed by atoms with Crippen molar-refractivity contribution in [3.8, 4) is 0 Å². The average molecular weight is 308 g/mol. The van der Waals surface area contributed by atoms with Crippen LogP contribution in [0.4, 0.5) is 0 Å². The lowest BCUT2D eigenvalue weighted by atomic mass is 10.0. The van der Waals surface area contributed by atoms with Crippen molar-refractivity contribution in [1.82, 2.24) is 0 Å². The molecule has 0 aliphatic carbocycles. The van der Waals surface area contributed by atoms with Crippen LogP contribution in [0.25, 0.3) is 0 Å². The van der Waals surface area contributed by atoms with Gasteiger partial charge in [0, 0.05) is 14.2 Å². The average Bonchev–Trinajstić information content (AvgIpc) is 2.54. The summed E-state index contributed by atoms with van der Waals surface area (Å²) < 4.78 is 22.5. The highest BCUT2D eigenvalue weighted by Crippen LogP contribution is 2.65. The fraction of sp³-hybridized carbons (Fsp3) is 0.200. The van der Waals surface area contributed by atoms with Crippen LogP contribution in [0.1, 0.15) is 16.4 Å². The van der Waals surface area contributed by atoms with Crippen LogP contribution in [0.3, 0.4) is 0 Å². The molecule has 0 aliphatic rings. The van der Waals surface area contributed by atoms with E-state index >= 15 is 0 Å². The summed E-state index contributed by atoms with van der Waals surface area (Å²) in [6.07, 6.45) is 0. The molecule has 3 nitrogen and oxygen atoms in total. The first-order valence-corrected chi connectivity index (χ1v) is 9.21. The molecule has 0 N–H and O–H groups in total. The van der Waals surface area contributed by atoms with Gasteiger partial charge in [0.15, 0.2) is 0 Å². The molecule has 2 aromatic rings. The van der Waals surface area contributed by atoms with E-state index in [1.165, 1.54) is 25.6 Å². The molecule has 0 amide bonds. The summed E-state index contributed by atoms with van der Waals surface area (Å²) in [5.41, 5.74) is 2.14. The van der Waals surface area contributed by atoms with Gasteiger partial charge in [-0.1, -0.05) is 60.7 Å². The lowest BCUT2D eigenvalue weighted by Gasteiger charge is -2.21. The maximum Gasteiger partial charge on any atom is 0.389 e. The Bertz CT molecular complexity index is 527. The Hall–Kier alpha value is -1.06. The van der Waals surface area contributed by atoms with Crippen LogP contribution in [0.15, 0.2) is 60.7 Å². The van der Waals surface area contributed by atoms with Crippen molar-refractivity contribution in [3.63, 3.8) is 0 Å². The first-order valence-electron chi connectivity index (χ1n) is 6.18. The van der Waals surface area contributed by atoms with Gasteiger partial charge < -0.3 is 9.05 Å². The monoisotopic (exact) mass is 308 g/mol. The molecule has 0 aliphatic heterocycles. The number of benzene rings is 2. The van der Waals surface area contributed by atoms with Crippen molar-refractivity contribution in [2.75, 3.05) is 14.2 Å². The zero-order chi connectivity index (χ0) is 14.4. The largest absolute Gasteiger partial charge is 0.389 e. The number of hydrogen-bond acceptors (Lipinski definition) is 4. The first-order chi connectivity index (χ1) is 9.68. The van der Waals surface area contributed by atoms with Gasteiger partial charge in [0.1, 0.15) is 0 Å². The number of hydrogen-bond donors (Lipinski definition) is 0. The maximum absolute atomic E-state index is 12.4. The highest BCUT2D eigenvalue weighted by molar-refractivity contribution is 8.55. The summed E-state index contributed by atoms with van der Waals surface area (Å²) in [5.74, 6) is 0. The second-order valence-corrected chi connectivity index (χ2v) is 8.40. The highest BCUT2D eigenvalue weighted by atomic mass is 32.7. The minimum atomic E-state index is -3.15. The standard InChI is InChI=1S/C15H17O3PS/c1-17-19(16,18-2)20-15(13-9-5-3-6-10-13)14-11-7-4-8-12-14/h3-12,15H,1-2H3. The predicted molar refractivity (Wildman–Crippen MR) is 83.9 cm³/mol. The minimum absolute atomic E-state index is 0.0943. The highest BCUT2D eigenvalue weighted by Gasteiger charge is 2.29. The lowest BCUT2D eigenvalue weighted by molar-refractivity contribution is 0.295. The smallest absolute Gasteiger partial charge is 0.304 e. The van der Waals surface area contributed by atoms with E-state index in [4.69, 9.17) is 9.05 Å². The van der Waals surface area contributed by atoms with Gasteiger partial charge in [0.2, 0.25) is 0 Å². The van der Waals surface area contributed by atoms with E-state index in [0.717, 1.165) is 11.1 Å². The molecule has 0 saturated carbocycles. The summed E-state index contributed by atoms with van der Waals surface area (Å²) >= 11 is 1.21. The molecule has 0 bridgehead atoms. The van der Waals surface area contributed by atoms with Crippen molar-refractivity contribution < 1.29 is 13.6 Å². The molecular weight excluding hydrogens is 291 g/mol. The van der Waals surface area contributed by atoms with Crippen LogP contribution < -0.4 is 0 Å². The molecule has 5 heteroatoms. The SMILES string of the molecule is COP(=O)(OC)SC(c1ccccc1)c1ccccc1. The summed E-state index contributed by atoms with van der Waals surface area (Å²) in [7, 11) is 2.81. The molecule has 0 fully saturated rings. The van der Waals surface area contributed by atoms with E-state index < -0.39 is 6.80 Å². The fourth-order valence-electron chi connectivity index (χ4n) is 1.86. The molecule has 2 rings (SSSR count). The summed E-state index contributed by atoms with van der Waals surface area (Å²) in [6.45, 7) is -3.15. The third-order valence-electron chi connectivity index (χ3n) is 2.89. The van der Waals surface area contributed by atoms with E-state index in [1.54, 1.807) is 0 Å². The van der Waals surface area contributed by atoms with Crippen molar-refractivity contribution in [3.05, 3.63) is 71.8 Å². The maximum atomic E-state index is 12.4. The molecule has 0 unspecified atom stereocenters. The fourth-order valence-corrected chi connectivity index (χ4v) is 5.02. The molecule has 0 radical (unpaired) electrons. The Labute approximate surface area is 123 Å². The van der Waals surface area contributed by atoms with Gasteiger partial charge in [0.25, 0.3) is 0 Å². The van der Waals surface area contributed by atoms with Gasteiger partial charge in [0.05, 0.1) is 5.25 Å². The third kappa shape index (κ3) is 3.74. The van der Waals surface area contributed by atoms with E-state index in [2.05, 4.69) is 0 Å². The molecule has 0 aromatic heterocycles. The van der Waals surface area contributed by atoms with Gasteiger partial charge in [-0.2, -0.15) is 0 Å². The van der Waals surface area contributed by atoms with Crippen molar-refractivity contribution in [2.24, 2.45) is 0 Å². The predicted octanol–water partition coefficient (Wildman–Crippen LogP) is 4.91. The quantitative estimate of drug-likeness (QED) is 0.710. The lowest BCUT2D eigenvalue weighted by Crippen LogP contribution is -1.98. The van der Waals surface area contributed by atoms with E-state index in [-0.39, 0.29) is 5.25 Å². The van der Waals surface area contributed by atoms with Gasteiger partial charge >= 0.3 is 6.80 Å². The van der Waals surface area contributed by atoms with E-state index in [9.17, 15) is 4.57 Å². The Morgan fingerprint density at radius 1 is 0.850 bits per heavy atom. The van der Waals surface area contributed by atoms with Crippen LogP contribution >= 0.6 is 18.2 Å². The third-order valence-corrected chi connectivity index (χ3v) is 7.10. The Morgan fingerprint density at radius 3 is 1.60 bits per heavy atom. The molecule has 20 heavy (non-hydrogen) atoms. The summed E-state index contributed by atoms with van der Waals surface area (Å²) in [4.78, 5) is 0.